The molecule has 3 heterocycles. The second-order valence-electron chi connectivity index (χ2n) is 6.61. The number of nitrogens with zero attached hydrogens (tertiary/aromatic N) is 5. The summed E-state index contributed by atoms with van der Waals surface area (Å²) in [6, 6.07) is 17.0. The van der Waals surface area contributed by atoms with Gasteiger partial charge in [-0.2, -0.15) is 0 Å². The molecule has 0 aliphatic carbocycles. The number of hydrogen-bond donors (Lipinski definition) is 2. The molecule has 0 saturated heterocycles. The molecule has 1 aromatic carbocycles. The van der Waals surface area contributed by atoms with Gasteiger partial charge in [-0.3, -0.25) is 9.39 Å². The Labute approximate surface area is 179 Å². The largest absolute Gasteiger partial charge is 0.497 e. The number of hydrogen-bond acceptors (Lipinski definition) is 6. The van der Waals surface area contributed by atoms with Crippen LogP contribution in [0, 0.1) is 0 Å². The van der Waals surface area contributed by atoms with Crippen LogP contribution < -0.4 is 20.1 Å². The lowest BCUT2D eigenvalue weighted by Gasteiger charge is -2.11. The van der Waals surface area contributed by atoms with Gasteiger partial charge in [0.05, 0.1) is 13.7 Å². The lowest BCUT2D eigenvalue weighted by Crippen LogP contribution is -2.36. The first-order valence-corrected chi connectivity index (χ1v) is 9.75. The highest BCUT2D eigenvalue weighted by molar-refractivity contribution is 5.79. The second-order valence-corrected chi connectivity index (χ2v) is 6.61. The number of guanidine groups is 1. The van der Waals surface area contributed by atoms with Crippen LogP contribution in [-0.4, -0.2) is 39.7 Å². The van der Waals surface area contributed by atoms with E-state index >= 15 is 0 Å². The summed E-state index contributed by atoms with van der Waals surface area (Å²) in [5.74, 6) is 3.38. The molecule has 4 rings (SSSR count). The summed E-state index contributed by atoms with van der Waals surface area (Å²) in [5.41, 5.74) is 1.80. The van der Waals surface area contributed by atoms with Gasteiger partial charge in [-0.05, 0) is 29.8 Å². The number of aromatic nitrogens is 4. The van der Waals surface area contributed by atoms with Crippen molar-refractivity contribution in [3.63, 3.8) is 0 Å². The highest BCUT2D eigenvalue weighted by Gasteiger charge is 2.06. The number of rotatable bonds is 7. The van der Waals surface area contributed by atoms with E-state index < -0.39 is 0 Å². The quantitative estimate of drug-likeness (QED) is 0.352. The van der Waals surface area contributed by atoms with Gasteiger partial charge in [0.2, 0.25) is 5.88 Å². The van der Waals surface area contributed by atoms with Gasteiger partial charge in [-0.25, -0.2) is 4.98 Å². The molecule has 3 aromatic heterocycles. The fourth-order valence-electron chi connectivity index (χ4n) is 2.94. The lowest BCUT2D eigenvalue weighted by molar-refractivity contribution is 0.407. The number of ether oxygens (including phenoxy) is 2. The highest BCUT2D eigenvalue weighted by Crippen LogP contribution is 2.23. The first-order valence-electron chi connectivity index (χ1n) is 9.75. The first kappa shape index (κ1) is 20.1. The molecule has 9 nitrogen and oxygen atoms in total. The minimum Gasteiger partial charge on any atom is -0.497 e. The van der Waals surface area contributed by atoms with E-state index in [4.69, 9.17) is 9.47 Å². The monoisotopic (exact) mass is 417 g/mol. The van der Waals surface area contributed by atoms with Crippen LogP contribution >= 0.6 is 0 Å². The van der Waals surface area contributed by atoms with Gasteiger partial charge in [-0.1, -0.05) is 18.2 Å². The molecular weight excluding hydrogens is 394 g/mol. The lowest BCUT2D eigenvalue weighted by atomic mass is 10.3. The molecule has 0 fully saturated rings. The second kappa shape index (κ2) is 9.57. The predicted octanol–water partition coefficient (Wildman–Crippen LogP) is 2.79. The number of aliphatic imine (C=N–C) groups is 1. The summed E-state index contributed by atoms with van der Waals surface area (Å²) in [4.78, 5) is 8.62. The van der Waals surface area contributed by atoms with Gasteiger partial charge >= 0.3 is 0 Å². The Bertz CT molecular complexity index is 1170. The molecule has 0 amide bonds. The fraction of sp³-hybridized carbons (Fsp3) is 0.182. The molecular formula is C22H23N7O2. The zero-order valence-corrected chi connectivity index (χ0v) is 17.3. The fourth-order valence-corrected chi connectivity index (χ4v) is 2.94. The van der Waals surface area contributed by atoms with Gasteiger partial charge in [0.15, 0.2) is 17.4 Å². The van der Waals surface area contributed by atoms with Gasteiger partial charge < -0.3 is 20.1 Å². The standard InChI is InChI=1S/C22H23N7O2/c1-23-22(26-15-20-28-27-19-8-3-4-11-29(19)20)25-14-16-9-10-21(24-13-16)31-18-7-5-6-17(12-18)30-2/h3-13H,14-15H2,1-2H3,(H2,23,25,26). The number of pyridine rings is 2. The summed E-state index contributed by atoms with van der Waals surface area (Å²) in [6.07, 6.45) is 3.70. The van der Waals surface area contributed by atoms with Gasteiger partial charge in [-0.15, -0.1) is 10.2 Å². The van der Waals surface area contributed by atoms with E-state index in [-0.39, 0.29) is 0 Å². The predicted molar refractivity (Wildman–Crippen MR) is 117 cm³/mol. The third-order valence-corrected chi connectivity index (χ3v) is 4.54. The van der Waals surface area contributed by atoms with Crippen LogP contribution in [0.15, 0.2) is 72.0 Å². The summed E-state index contributed by atoms with van der Waals surface area (Å²) in [6.45, 7) is 1.06. The van der Waals surface area contributed by atoms with Gasteiger partial charge in [0, 0.05) is 38.1 Å². The molecule has 158 valence electrons. The maximum Gasteiger partial charge on any atom is 0.219 e. The normalized spacial score (nSPS) is 11.4. The molecule has 0 radical (unpaired) electrons. The highest BCUT2D eigenvalue weighted by atomic mass is 16.5. The van der Waals surface area contributed by atoms with Crippen molar-refractivity contribution in [2.24, 2.45) is 4.99 Å². The van der Waals surface area contributed by atoms with E-state index in [0.717, 1.165) is 22.8 Å². The van der Waals surface area contributed by atoms with Gasteiger partial charge in [0.1, 0.15) is 11.5 Å². The topological polar surface area (TPSA) is 98.0 Å². The Balaban J connectivity index is 1.30. The van der Waals surface area contributed by atoms with E-state index in [1.807, 2.05) is 65.2 Å². The van der Waals surface area contributed by atoms with E-state index in [1.165, 1.54) is 0 Å². The molecule has 0 unspecified atom stereocenters. The van der Waals surface area contributed by atoms with Crippen molar-refractivity contribution < 1.29 is 9.47 Å². The maximum absolute atomic E-state index is 5.77. The average molecular weight is 417 g/mol. The molecule has 0 atom stereocenters. The summed E-state index contributed by atoms with van der Waals surface area (Å²) in [7, 11) is 3.34. The molecule has 0 aliphatic rings. The Morgan fingerprint density at radius 1 is 1.00 bits per heavy atom. The van der Waals surface area contributed by atoms with Crippen molar-refractivity contribution in [2.45, 2.75) is 13.1 Å². The molecule has 0 saturated carbocycles. The number of methoxy groups -OCH3 is 1. The molecule has 0 aliphatic heterocycles. The van der Waals surface area contributed by atoms with E-state index in [2.05, 4.69) is 30.8 Å². The van der Waals surface area contributed by atoms with Crippen LogP contribution in [0.4, 0.5) is 0 Å². The number of fused-ring (bicyclic) bond motifs is 1. The zero-order valence-electron chi connectivity index (χ0n) is 17.3. The smallest absolute Gasteiger partial charge is 0.219 e. The van der Waals surface area contributed by atoms with Crippen LogP contribution in [-0.2, 0) is 13.1 Å². The van der Waals surface area contributed by atoms with Crippen molar-refractivity contribution in [1.82, 2.24) is 30.2 Å². The van der Waals surface area contributed by atoms with Crippen LogP contribution in [0.2, 0.25) is 0 Å². The SMILES string of the molecule is CN=C(NCc1ccc(Oc2cccc(OC)c2)nc1)NCc1nnc2ccccn12. The Kier molecular flexibility index (Phi) is 6.22. The van der Waals surface area contributed by atoms with Crippen molar-refractivity contribution >= 4 is 11.6 Å². The molecule has 0 bridgehead atoms. The Morgan fingerprint density at radius 2 is 1.87 bits per heavy atom. The average Bonchev–Trinajstić information content (AvgIpc) is 3.23. The maximum atomic E-state index is 5.77. The van der Waals surface area contributed by atoms with Crippen LogP contribution in [0.25, 0.3) is 5.65 Å². The van der Waals surface area contributed by atoms with Crippen molar-refractivity contribution in [3.05, 3.63) is 78.4 Å². The van der Waals surface area contributed by atoms with E-state index in [0.29, 0.717) is 30.7 Å². The minimum atomic E-state index is 0.496. The summed E-state index contributed by atoms with van der Waals surface area (Å²) >= 11 is 0. The van der Waals surface area contributed by atoms with Crippen LogP contribution in [0.5, 0.6) is 17.4 Å². The third-order valence-electron chi connectivity index (χ3n) is 4.54. The van der Waals surface area contributed by atoms with Crippen LogP contribution in [0.1, 0.15) is 11.4 Å². The number of nitrogens with one attached hydrogen (secondary N) is 2. The van der Waals surface area contributed by atoms with Gasteiger partial charge in [0.25, 0.3) is 0 Å². The van der Waals surface area contributed by atoms with Crippen LogP contribution in [0.3, 0.4) is 0 Å². The summed E-state index contributed by atoms with van der Waals surface area (Å²) in [5, 5.41) is 14.9. The van der Waals surface area contributed by atoms with E-state index in [9.17, 15) is 0 Å². The number of benzene rings is 1. The van der Waals surface area contributed by atoms with Crippen molar-refractivity contribution in [1.29, 1.82) is 0 Å². The molecule has 9 heteroatoms. The molecule has 2 N–H and O–H groups in total. The van der Waals surface area contributed by atoms with Crippen molar-refractivity contribution in [2.75, 3.05) is 14.2 Å². The third kappa shape index (κ3) is 5.08. The molecule has 31 heavy (non-hydrogen) atoms. The van der Waals surface area contributed by atoms with Crippen molar-refractivity contribution in [3.8, 4) is 17.4 Å². The minimum absolute atomic E-state index is 0.496. The summed E-state index contributed by atoms with van der Waals surface area (Å²) < 4.78 is 12.9. The molecule has 0 spiro atoms. The van der Waals surface area contributed by atoms with E-state index in [1.54, 1.807) is 20.4 Å². The zero-order chi connectivity index (χ0) is 21.5. The Hall–Kier alpha value is -4.14. The first-order chi connectivity index (χ1) is 15.2. The molecule has 4 aromatic rings. The Morgan fingerprint density at radius 3 is 2.68 bits per heavy atom.